The predicted octanol–water partition coefficient (Wildman–Crippen LogP) is 4.24. The maximum absolute atomic E-state index is 13.1. The molecule has 0 atom stereocenters. The average Bonchev–Trinajstić information content (AvgIpc) is 3.30. The Balaban J connectivity index is 1.68. The number of nitrogens with zero attached hydrogens (tertiary/aromatic N) is 4. The largest absolute Gasteiger partial charge is 0.422 e. The number of hydrogen-bond acceptors (Lipinski definition) is 7. The lowest BCUT2D eigenvalue weighted by atomic mass is 9.86. The van der Waals surface area contributed by atoms with Gasteiger partial charge in [0, 0.05) is 34.2 Å². The predicted molar refractivity (Wildman–Crippen MR) is 125 cm³/mol. The van der Waals surface area contributed by atoms with Crippen molar-refractivity contribution >= 4 is 27.8 Å². The van der Waals surface area contributed by atoms with Crippen molar-refractivity contribution in [1.82, 2.24) is 9.61 Å². The minimum absolute atomic E-state index is 0.0417. The molecule has 0 radical (unpaired) electrons. The fraction of sp³-hybridized carbons (Fsp3) is 0.0800. The molecular weight excluding hydrogens is 434 g/mol. The summed E-state index contributed by atoms with van der Waals surface area (Å²) in [6.07, 6.45) is 1.34. The number of hydrogen-bond donors (Lipinski definition) is 1. The molecule has 3 aromatic heterocycles. The summed E-state index contributed by atoms with van der Waals surface area (Å²) < 4.78 is 7.10. The van der Waals surface area contributed by atoms with Crippen LogP contribution in [0.4, 0.5) is 11.5 Å². The van der Waals surface area contributed by atoms with Crippen molar-refractivity contribution in [3.05, 3.63) is 91.8 Å². The van der Waals surface area contributed by atoms with E-state index in [2.05, 4.69) is 11.2 Å². The third kappa shape index (κ3) is 2.66. The second-order valence-corrected chi connectivity index (χ2v) is 8.11. The molecule has 2 aromatic carbocycles. The van der Waals surface area contributed by atoms with Gasteiger partial charge < -0.3 is 10.2 Å². The van der Waals surface area contributed by atoms with E-state index in [1.165, 1.54) is 16.6 Å². The van der Waals surface area contributed by atoms with E-state index in [9.17, 15) is 20.2 Å². The first-order valence-electron chi connectivity index (χ1n) is 10.5. The van der Waals surface area contributed by atoms with Crippen LogP contribution in [0.5, 0.6) is 0 Å². The molecule has 9 nitrogen and oxygen atoms in total. The van der Waals surface area contributed by atoms with E-state index in [1.807, 2.05) is 24.3 Å². The minimum Gasteiger partial charge on any atom is -0.422 e. The molecule has 3 heterocycles. The van der Waals surface area contributed by atoms with E-state index in [0.717, 1.165) is 23.1 Å². The van der Waals surface area contributed by atoms with E-state index < -0.39 is 10.5 Å². The maximum Gasteiger partial charge on any atom is 0.348 e. The number of nitro groups is 1. The number of aryl methyl sites for hydroxylation is 2. The van der Waals surface area contributed by atoms with Gasteiger partial charge in [0.05, 0.1) is 21.7 Å². The molecule has 0 saturated carbocycles. The Kier molecular flexibility index (Phi) is 4.06. The van der Waals surface area contributed by atoms with Crippen molar-refractivity contribution in [2.45, 2.75) is 12.8 Å². The van der Waals surface area contributed by atoms with Crippen LogP contribution in [0.1, 0.15) is 16.7 Å². The Morgan fingerprint density at radius 2 is 1.88 bits per heavy atom. The highest BCUT2D eigenvalue weighted by molar-refractivity contribution is 6.03. The van der Waals surface area contributed by atoms with Crippen LogP contribution >= 0.6 is 0 Å². The molecule has 34 heavy (non-hydrogen) atoms. The Morgan fingerprint density at radius 3 is 2.62 bits per heavy atom. The number of anilines is 1. The highest BCUT2D eigenvalue weighted by atomic mass is 16.6. The molecule has 0 unspecified atom stereocenters. The van der Waals surface area contributed by atoms with E-state index >= 15 is 0 Å². The standard InChI is InChI=1S/C25H15N5O4/c26-12-18-20-11-19(14-5-8-15(9-6-14)30(32)33)28-29(20)24(27)22-21(18)17-10-7-13-3-1-2-4-16(13)23(17)34-25(22)31/h1-6,8-9,11H,7,10,27H2. The third-order valence-electron chi connectivity index (χ3n) is 6.32. The molecule has 0 aliphatic heterocycles. The van der Waals surface area contributed by atoms with Crippen LogP contribution in [-0.2, 0) is 12.8 Å². The second-order valence-electron chi connectivity index (χ2n) is 8.11. The van der Waals surface area contributed by atoms with Gasteiger partial charge in [-0.3, -0.25) is 10.1 Å². The van der Waals surface area contributed by atoms with Gasteiger partial charge in [-0.2, -0.15) is 10.4 Å². The molecule has 9 heteroatoms. The van der Waals surface area contributed by atoms with Crippen molar-refractivity contribution in [2.75, 3.05) is 5.73 Å². The molecule has 0 bridgehead atoms. The molecular formula is C25H15N5O4. The molecule has 1 aliphatic rings. The number of nitrogens with two attached hydrogens (primary N) is 1. The summed E-state index contributed by atoms with van der Waals surface area (Å²) in [4.78, 5) is 23.6. The summed E-state index contributed by atoms with van der Waals surface area (Å²) in [7, 11) is 0. The number of benzene rings is 2. The summed E-state index contributed by atoms with van der Waals surface area (Å²) in [5.74, 6) is 0.544. The number of rotatable bonds is 2. The Morgan fingerprint density at radius 1 is 1.12 bits per heavy atom. The van der Waals surface area contributed by atoms with Crippen molar-refractivity contribution in [3.63, 3.8) is 0 Å². The average molecular weight is 449 g/mol. The van der Waals surface area contributed by atoms with Gasteiger partial charge in [-0.05, 0) is 36.6 Å². The number of nitrogen functional groups attached to an aromatic ring is 1. The van der Waals surface area contributed by atoms with Gasteiger partial charge in [-0.1, -0.05) is 24.3 Å². The SMILES string of the molecule is N#Cc1c2c3c(oc(=O)c2c(N)n2nc(-c4ccc([N+](=O)[O-])cc4)cc12)-c1ccccc1CC3. The molecule has 0 amide bonds. The summed E-state index contributed by atoms with van der Waals surface area (Å²) >= 11 is 0. The molecule has 1 aliphatic carbocycles. The van der Waals surface area contributed by atoms with Gasteiger partial charge in [-0.15, -0.1) is 0 Å². The molecule has 5 aromatic rings. The number of nitriles is 1. The van der Waals surface area contributed by atoms with Crippen LogP contribution in [0.2, 0.25) is 0 Å². The first-order chi connectivity index (χ1) is 16.5. The molecule has 2 N–H and O–H groups in total. The van der Waals surface area contributed by atoms with E-state index in [1.54, 1.807) is 18.2 Å². The number of nitro benzene ring substituents is 1. The molecule has 6 rings (SSSR count). The van der Waals surface area contributed by atoms with Gasteiger partial charge in [0.1, 0.15) is 23.0 Å². The van der Waals surface area contributed by atoms with Gasteiger partial charge in [0.25, 0.3) is 5.69 Å². The summed E-state index contributed by atoms with van der Waals surface area (Å²) in [5, 5.41) is 26.2. The van der Waals surface area contributed by atoms with Crippen LogP contribution in [-0.4, -0.2) is 14.5 Å². The molecule has 164 valence electrons. The summed E-state index contributed by atoms with van der Waals surface area (Å²) in [6.45, 7) is 0. The lowest BCUT2D eigenvalue weighted by Crippen LogP contribution is -2.15. The Bertz CT molecular complexity index is 1770. The number of pyridine rings is 1. The lowest BCUT2D eigenvalue weighted by molar-refractivity contribution is -0.384. The number of non-ortho nitro benzene ring substituents is 1. The first-order valence-corrected chi connectivity index (χ1v) is 10.5. The highest BCUT2D eigenvalue weighted by Crippen LogP contribution is 2.40. The first kappa shape index (κ1) is 19.7. The highest BCUT2D eigenvalue weighted by Gasteiger charge is 2.27. The van der Waals surface area contributed by atoms with Gasteiger partial charge >= 0.3 is 5.63 Å². The van der Waals surface area contributed by atoms with E-state index in [0.29, 0.717) is 34.3 Å². The zero-order chi connectivity index (χ0) is 23.6. The summed E-state index contributed by atoms with van der Waals surface area (Å²) in [5.41, 5.74) is 10.2. The maximum atomic E-state index is 13.1. The zero-order valence-electron chi connectivity index (χ0n) is 17.6. The quantitative estimate of drug-likeness (QED) is 0.314. The molecule has 0 saturated heterocycles. The summed E-state index contributed by atoms with van der Waals surface area (Å²) in [6, 6.07) is 17.6. The number of fused-ring (bicyclic) bond motifs is 6. The van der Waals surface area contributed by atoms with E-state index in [-0.39, 0.29) is 22.5 Å². The van der Waals surface area contributed by atoms with E-state index in [4.69, 9.17) is 10.2 Å². The van der Waals surface area contributed by atoms with Crippen LogP contribution in [0, 0.1) is 21.4 Å². The van der Waals surface area contributed by atoms with Crippen molar-refractivity contribution < 1.29 is 9.34 Å². The van der Waals surface area contributed by atoms with Crippen LogP contribution in [0.25, 0.3) is 38.9 Å². The van der Waals surface area contributed by atoms with Crippen molar-refractivity contribution in [3.8, 4) is 28.7 Å². The van der Waals surface area contributed by atoms with Crippen molar-refractivity contribution in [1.29, 1.82) is 5.26 Å². The van der Waals surface area contributed by atoms with Gasteiger partial charge in [0.2, 0.25) is 0 Å². The minimum atomic E-state index is -0.631. The Labute approximate surface area is 191 Å². The number of aromatic nitrogens is 2. The normalized spacial score (nSPS) is 12.3. The van der Waals surface area contributed by atoms with Crippen molar-refractivity contribution in [2.24, 2.45) is 0 Å². The fourth-order valence-corrected chi connectivity index (χ4v) is 4.74. The fourth-order valence-electron chi connectivity index (χ4n) is 4.74. The topological polar surface area (TPSA) is 140 Å². The molecule has 0 spiro atoms. The monoisotopic (exact) mass is 449 g/mol. The van der Waals surface area contributed by atoms with Gasteiger partial charge in [0.15, 0.2) is 0 Å². The third-order valence-corrected chi connectivity index (χ3v) is 6.32. The van der Waals surface area contributed by atoms with Crippen LogP contribution in [0.15, 0.2) is 63.8 Å². The van der Waals surface area contributed by atoms with Crippen LogP contribution < -0.4 is 11.4 Å². The van der Waals surface area contributed by atoms with Crippen LogP contribution in [0.3, 0.4) is 0 Å². The Hall–Kier alpha value is -4.97. The lowest BCUT2D eigenvalue weighted by Gasteiger charge is -2.20. The molecule has 0 fully saturated rings. The second kappa shape index (κ2) is 7.02. The smallest absolute Gasteiger partial charge is 0.348 e. The zero-order valence-corrected chi connectivity index (χ0v) is 17.6. The van der Waals surface area contributed by atoms with Gasteiger partial charge in [-0.25, -0.2) is 9.31 Å².